The van der Waals surface area contributed by atoms with Gasteiger partial charge in [-0.25, -0.2) is 0 Å². The Bertz CT molecular complexity index is 587. The second kappa shape index (κ2) is 3.46. The van der Waals surface area contributed by atoms with E-state index < -0.39 is 0 Å². The third kappa shape index (κ3) is 1.40. The quantitative estimate of drug-likeness (QED) is 0.518. The van der Waals surface area contributed by atoms with Crippen molar-refractivity contribution < 1.29 is 0 Å². The lowest BCUT2D eigenvalue weighted by Gasteiger charge is -2.25. The van der Waals surface area contributed by atoms with E-state index >= 15 is 0 Å². The number of fused-ring (bicyclic) bond motifs is 6. The van der Waals surface area contributed by atoms with Crippen molar-refractivity contribution in [3.63, 3.8) is 0 Å². The summed E-state index contributed by atoms with van der Waals surface area (Å²) in [6, 6.07) is 4.31. The summed E-state index contributed by atoms with van der Waals surface area (Å²) < 4.78 is 0. The lowest BCUT2D eigenvalue weighted by molar-refractivity contribution is 0.488. The van der Waals surface area contributed by atoms with E-state index in [0.717, 1.165) is 33.5 Å². The number of allylic oxidation sites excluding steroid dienone is 2. The zero-order chi connectivity index (χ0) is 11.6. The molecule has 4 unspecified atom stereocenters. The number of rotatable bonds is 0. The molecule has 0 aliphatic heterocycles. The van der Waals surface area contributed by atoms with Crippen molar-refractivity contribution >= 4 is 37.4 Å². The predicted octanol–water partition coefficient (Wildman–Crippen LogP) is 2.28. The summed E-state index contributed by atoms with van der Waals surface area (Å²) >= 11 is 8.92. The molecule has 1 fully saturated rings. The van der Waals surface area contributed by atoms with Gasteiger partial charge in [0.05, 0.1) is 0 Å². The highest BCUT2D eigenvalue weighted by molar-refractivity contribution is 7.83. The number of benzene rings is 1. The fourth-order valence-corrected chi connectivity index (χ4v) is 4.09. The van der Waals surface area contributed by atoms with Crippen molar-refractivity contribution in [1.29, 1.82) is 0 Å². The molecule has 0 nitrogen and oxygen atoms in total. The maximum Gasteiger partial charge on any atom is 0.0180 e. The molecule has 0 spiro atoms. The number of thiol groups is 2. The summed E-state index contributed by atoms with van der Waals surface area (Å²) in [7, 11) is 0. The third-order valence-corrected chi connectivity index (χ3v) is 5.42. The van der Waals surface area contributed by atoms with Gasteiger partial charge in [-0.2, -0.15) is 0 Å². The van der Waals surface area contributed by atoms with Gasteiger partial charge < -0.3 is 0 Å². The van der Waals surface area contributed by atoms with Gasteiger partial charge in [0.25, 0.3) is 0 Å². The van der Waals surface area contributed by atoms with Crippen LogP contribution in [0.5, 0.6) is 0 Å². The average molecular weight is 258 g/mol. The first-order chi connectivity index (χ1) is 8.22. The molecule has 2 heteroatoms. The molecule has 3 aliphatic carbocycles. The van der Waals surface area contributed by atoms with Gasteiger partial charge >= 0.3 is 0 Å². The Morgan fingerprint density at radius 2 is 1.29 bits per heavy atom. The van der Waals surface area contributed by atoms with Crippen LogP contribution < -0.4 is 10.4 Å². The van der Waals surface area contributed by atoms with Gasteiger partial charge in [0.1, 0.15) is 0 Å². The first kappa shape index (κ1) is 10.3. The molecule has 1 aromatic rings. The average Bonchev–Trinajstić information content (AvgIpc) is 2.89. The topological polar surface area (TPSA) is 0 Å². The molecule has 0 heterocycles. The van der Waals surface area contributed by atoms with Crippen LogP contribution >= 0.6 is 25.3 Å². The molecule has 1 aromatic carbocycles. The highest BCUT2D eigenvalue weighted by Crippen LogP contribution is 2.49. The van der Waals surface area contributed by atoms with E-state index in [9.17, 15) is 0 Å². The molecule has 0 N–H and O–H groups in total. The van der Waals surface area contributed by atoms with E-state index in [1.165, 1.54) is 16.9 Å². The summed E-state index contributed by atoms with van der Waals surface area (Å²) in [5, 5.41) is 2.69. The molecule has 0 amide bonds. The minimum Gasteiger partial charge on any atom is -0.142 e. The van der Waals surface area contributed by atoms with Gasteiger partial charge in [-0.05, 0) is 52.7 Å². The van der Waals surface area contributed by atoms with Crippen molar-refractivity contribution in [2.45, 2.75) is 16.2 Å². The molecule has 0 aromatic heterocycles. The Hall–Kier alpha value is -0.600. The van der Waals surface area contributed by atoms with Crippen LogP contribution in [-0.4, -0.2) is 0 Å². The van der Waals surface area contributed by atoms with Gasteiger partial charge in [-0.3, -0.25) is 0 Å². The predicted molar refractivity (Wildman–Crippen MR) is 76.8 cm³/mol. The molecule has 0 radical (unpaired) electrons. The zero-order valence-electron chi connectivity index (χ0n) is 9.38. The number of hydrogen-bond acceptors (Lipinski definition) is 2. The Labute approximate surface area is 112 Å². The van der Waals surface area contributed by atoms with Gasteiger partial charge in [0.15, 0.2) is 0 Å². The minimum absolute atomic E-state index is 0.719. The van der Waals surface area contributed by atoms with Crippen LogP contribution in [0.3, 0.4) is 0 Å². The van der Waals surface area contributed by atoms with Gasteiger partial charge in [0, 0.05) is 9.79 Å². The smallest absolute Gasteiger partial charge is 0.0180 e. The Kier molecular flexibility index (Phi) is 2.10. The Morgan fingerprint density at radius 3 is 1.76 bits per heavy atom. The molecular weight excluding hydrogens is 244 g/mol. The second-order valence-corrected chi connectivity index (χ2v) is 6.37. The highest BCUT2D eigenvalue weighted by Gasteiger charge is 2.42. The number of hydrogen-bond donors (Lipinski definition) is 2. The van der Waals surface area contributed by atoms with E-state index in [1.807, 2.05) is 0 Å². The normalized spacial score (nSPS) is 36.1. The van der Waals surface area contributed by atoms with Crippen LogP contribution in [0.15, 0.2) is 34.1 Å². The summed E-state index contributed by atoms with van der Waals surface area (Å²) in [4.78, 5) is 1.96. The van der Waals surface area contributed by atoms with Crippen molar-refractivity contribution in [1.82, 2.24) is 0 Å². The van der Waals surface area contributed by atoms with Crippen LogP contribution in [0.4, 0.5) is 0 Å². The SMILES string of the molecule is Sc1cc2c(cc1S)=CC1C3C=CC(C3)C1C=2. The summed E-state index contributed by atoms with van der Waals surface area (Å²) in [5.41, 5.74) is 0. The van der Waals surface area contributed by atoms with E-state index in [4.69, 9.17) is 0 Å². The van der Waals surface area contributed by atoms with Crippen LogP contribution in [0.25, 0.3) is 12.2 Å². The Balaban J connectivity index is 1.96. The first-order valence-electron chi connectivity index (χ1n) is 6.16. The summed E-state index contributed by atoms with van der Waals surface area (Å²) in [6.07, 6.45) is 11.1. The lowest BCUT2D eigenvalue weighted by atomic mass is 9.79. The van der Waals surface area contributed by atoms with Gasteiger partial charge in [0.2, 0.25) is 0 Å². The van der Waals surface area contributed by atoms with Gasteiger partial charge in [-0.1, -0.05) is 24.3 Å². The van der Waals surface area contributed by atoms with Crippen molar-refractivity contribution in [2.75, 3.05) is 0 Å². The molecular formula is C15H14S2. The maximum absolute atomic E-state index is 4.46. The van der Waals surface area contributed by atoms with Crippen LogP contribution in [0.2, 0.25) is 0 Å². The monoisotopic (exact) mass is 258 g/mol. The fraction of sp³-hybridized carbons (Fsp3) is 0.333. The van der Waals surface area contributed by atoms with Crippen LogP contribution in [-0.2, 0) is 0 Å². The molecule has 2 bridgehead atoms. The van der Waals surface area contributed by atoms with E-state index in [2.05, 4.69) is 61.7 Å². The maximum atomic E-state index is 4.46. The van der Waals surface area contributed by atoms with Crippen LogP contribution in [0.1, 0.15) is 6.42 Å². The molecule has 3 aliphatic rings. The van der Waals surface area contributed by atoms with E-state index in [0.29, 0.717) is 0 Å². The fourth-order valence-electron chi connectivity index (χ4n) is 3.68. The molecule has 1 saturated carbocycles. The summed E-state index contributed by atoms with van der Waals surface area (Å²) in [6.45, 7) is 0. The standard InChI is InChI=1S/C15H14S2/c16-14-6-10-4-12-8-1-2-9(3-8)13(12)5-11(10)7-15(14)17/h1-2,4-9,12-13,16-17H,3H2. The molecule has 0 saturated heterocycles. The first-order valence-corrected chi connectivity index (χ1v) is 7.06. The van der Waals surface area contributed by atoms with Gasteiger partial charge in [-0.15, -0.1) is 25.3 Å². The Morgan fingerprint density at radius 1 is 0.824 bits per heavy atom. The highest BCUT2D eigenvalue weighted by atomic mass is 32.1. The molecule has 4 rings (SSSR count). The van der Waals surface area contributed by atoms with E-state index in [1.54, 1.807) is 0 Å². The van der Waals surface area contributed by atoms with Crippen LogP contribution in [0, 0.1) is 23.7 Å². The molecule has 4 atom stereocenters. The third-order valence-electron chi connectivity index (χ3n) is 4.51. The molecule has 86 valence electrons. The largest absolute Gasteiger partial charge is 0.142 e. The van der Waals surface area contributed by atoms with Crippen molar-refractivity contribution in [3.05, 3.63) is 34.7 Å². The lowest BCUT2D eigenvalue weighted by Crippen LogP contribution is -2.34. The van der Waals surface area contributed by atoms with E-state index in [-0.39, 0.29) is 0 Å². The van der Waals surface area contributed by atoms with Crippen molar-refractivity contribution in [2.24, 2.45) is 23.7 Å². The molecule has 17 heavy (non-hydrogen) atoms. The zero-order valence-corrected chi connectivity index (χ0v) is 11.2. The second-order valence-electron chi connectivity index (χ2n) is 5.41. The van der Waals surface area contributed by atoms with Crippen molar-refractivity contribution in [3.8, 4) is 0 Å². The minimum atomic E-state index is 0.719. The summed E-state index contributed by atoms with van der Waals surface area (Å²) in [5.74, 6) is 2.98.